The molecule has 3 aromatic rings. The van der Waals surface area contributed by atoms with E-state index in [0.29, 0.717) is 16.7 Å². The van der Waals surface area contributed by atoms with Crippen LogP contribution in [0.4, 0.5) is 32.0 Å². The maximum absolute atomic E-state index is 13.6. The number of carbonyl (C=O) groups excluding carboxylic acids is 1. The molecule has 0 amide bonds. The largest absolute Gasteiger partial charge is 0.465 e. The van der Waals surface area contributed by atoms with Crippen molar-refractivity contribution in [2.45, 2.75) is 30.4 Å². The van der Waals surface area contributed by atoms with E-state index in [-0.39, 0.29) is 16.3 Å². The van der Waals surface area contributed by atoms with Crippen LogP contribution in [0.2, 0.25) is 5.02 Å². The SMILES string of the molecule is COC(=O)c1cncc(-c2ccc(C3CC(C(O)(C(F)(F)F)C(F)(F)F)=NN3c3ccccc3Cl)cc2)c1. The van der Waals surface area contributed by atoms with Crippen molar-refractivity contribution in [3.63, 3.8) is 0 Å². The van der Waals surface area contributed by atoms with Crippen molar-refractivity contribution in [1.29, 1.82) is 0 Å². The second-order valence-corrected chi connectivity index (χ2v) is 8.75. The first-order valence-electron chi connectivity index (χ1n) is 10.9. The van der Waals surface area contributed by atoms with E-state index in [1.165, 1.54) is 62.0 Å². The van der Waals surface area contributed by atoms with E-state index in [2.05, 4.69) is 14.8 Å². The Hall–Kier alpha value is -3.64. The summed E-state index contributed by atoms with van der Waals surface area (Å²) in [5.74, 6) is -0.608. The van der Waals surface area contributed by atoms with Gasteiger partial charge in [-0.15, -0.1) is 0 Å². The normalized spacial score (nSPS) is 16.4. The van der Waals surface area contributed by atoms with Gasteiger partial charge in [-0.3, -0.25) is 9.99 Å². The number of methoxy groups -OCH3 is 1. The van der Waals surface area contributed by atoms with Gasteiger partial charge < -0.3 is 9.84 Å². The van der Waals surface area contributed by atoms with Crippen LogP contribution in [0.3, 0.4) is 0 Å². The molecule has 1 aliphatic heterocycles. The number of esters is 1. The number of benzene rings is 2. The highest BCUT2D eigenvalue weighted by molar-refractivity contribution is 6.33. The summed E-state index contributed by atoms with van der Waals surface area (Å²) in [5.41, 5.74) is -5.04. The molecule has 0 radical (unpaired) electrons. The highest BCUT2D eigenvalue weighted by atomic mass is 35.5. The molecule has 1 unspecified atom stereocenters. The smallest absolute Gasteiger partial charge is 0.431 e. The Morgan fingerprint density at radius 3 is 2.21 bits per heavy atom. The molecule has 0 spiro atoms. The molecule has 0 bridgehead atoms. The van der Waals surface area contributed by atoms with Crippen LogP contribution < -0.4 is 5.01 Å². The van der Waals surface area contributed by atoms with Crippen molar-refractivity contribution >= 4 is 29.0 Å². The fourth-order valence-corrected chi connectivity index (χ4v) is 4.28. The van der Waals surface area contributed by atoms with Crippen LogP contribution in [-0.2, 0) is 4.74 Å². The van der Waals surface area contributed by atoms with Crippen LogP contribution in [0, 0.1) is 0 Å². The Kier molecular flexibility index (Phi) is 7.15. The first-order chi connectivity index (χ1) is 17.8. The Balaban J connectivity index is 1.76. The van der Waals surface area contributed by atoms with Crippen LogP contribution in [0.25, 0.3) is 11.1 Å². The average molecular weight is 558 g/mol. The Morgan fingerprint density at radius 1 is 1.00 bits per heavy atom. The number of halogens is 7. The predicted molar refractivity (Wildman–Crippen MR) is 127 cm³/mol. The minimum absolute atomic E-state index is 0.0346. The van der Waals surface area contributed by atoms with E-state index < -0.39 is 42.1 Å². The van der Waals surface area contributed by atoms with Crippen LogP contribution in [-0.4, -0.2) is 46.8 Å². The number of anilines is 1. The molecule has 4 rings (SSSR count). The molecule has 1 aliphatic rings. The van der Waals surface area contributed by atoms with Crippen LogP contribution >= 0.6 is 11.6 Å². The van der Waals surface area contributed by atoms with Crippen molar-refractivity contribution in [1.82, 2.24) is 4.98 Å². The lowest BCUT2D eigenvalue weighted by molar-refractivity contribution is -0.338. The van der Waals surface area contributed by atoms with Gasteiger partial charge in [0.05, 0.1) is 35.1 Å². The van der Waals surface area contributed by atoms with Crippen molar-refractivity contribution in [2.75, 3.05) is 12.1 Å². The number of aromatic nitrogens is 1. The quantitative estimate of drug-likeness (QED) is 0.292. The van der Waals surface area contributed by atoms with Gasteiger partial charge in [-0.1, -0.05) is 48.0 Å². The standard InChI is InChI=1S/C25H18ClF6N3O3/c1-38-22(36)17-10-16(12-33-13-17)14-6-8-15(9-7-14)20-11-21(23(37,24(27,28)29)25(30,31)32)34-35(20)19-5-3-2-4-18(19)26/h2-10,12-13,20,37H,11H2,1H3. The first kappa shape index (κ1) is 27.4. The fraction of sp³-hybridized carbons (Fsp3) is 0.240. The van der Waals surface area contributed by atoms with Gasteiger partial charge in [-0.2, -0.15) is 31.4 Å². The van der Waals surface area contributed by atoms with Gasteiger partial charge in [0.1, 0.15) is 0 Å². The number of alkyl halides is 6. The molecule has 13 heteroatoms. The molecule has 0 saturated carbocycles. The van der Waals surface area contributed by atoms with Crippen molar-refractivity contribution in [2.24, 2.45) is 5.10 Å². The minimum atomic E-state index is -6.08. The molecular weight excluding hydrogens is 540 g/mol. The summed E-state index contributed by atoms with van der Waals surface area (Å²) in [6.45, 7) is 0. The maximum Gasteiger partial charge on any atom is 0.431 e. The molecule has 1 atom stereocenters. The molecule has 0 fully saturated rings. The maximum atomic E-state index is 13.6. The number of hydrazone groups is 1. The Bertz CT molecular complexity index is 1360. The van der Waals surface area contributed by atoms with Crippen molar-refractivity contribution in [3.8, 4) is 11.1 Å². The third-order valence-electron chi connectivity index (χ3n) is 6.04. The monoisotopic (exact) mass is 557 g/mol. The summed E-state index contributed by atoms with van der Waals surface area (Å²) in [6, 6.07) is 12.3. The second-order valence-electron chi connectivity index (χ2n) is 8.34. The zero-order valence-corrected chi connectivity index (χ0v) is 20.1. The predicted octanol–water partition coefficient (Wildman–Crippen LogP) is 6.35. The van der Waals surface area contributed by atoms with Gasteiger partial charge in [-0.05, 0) is 29.3 Å². The van der Waals surface area contributed by atoms with E-state index in [9.17, 15) is 36.2 Å². The summed E-state index contributed by atoms with van der Waals surface area (Å²) >= 11 is 6.19. The third kappa shape index (κ3) is 4.81. The van der Waals surface area contributed by atoms with E-state index in [0.717, 1.165) is 5.01 Å². The van der Waals surface area contributed by atoms with E-state index in [1.54, 1.807) is 12.1 Å². The summed E-state index contributed by atoms with van der Waals surface area (Å²) in [7, 11) is 1.21. The molecular formula is C25H18ClF6N3O3. The number of aliphatic hydroxyl groups is 1. The van der Waals surface area contributed by atoms with Crippen LogP contribution in [0.1, 0.15) is 28.4 Å². The highest BCUT2D eigenvalue weighted by Gasteiger charge is 2.74. The minimum Gasteiger partial charge on any atom is -0.465 e. The number of hydrogen-bond acceptors (Lipinski definition) is 6. The number of para-hydroxylation sites is 1. The van der Waals surface area contributed by atoms with E-state index in [4.69, 9.17) is 11.6 Å². The molecule has 1 N–H and O–H groups in total. The van der Waals surface area contributed by atoms with Gasteiger partial charge >= 0.3 is 18.3 Å². The number of hydrogen-bond donors (Lipinski definition) is 1. The molecule has 6 nitrogen and oxygen atoms in total. The Morgan fingerprint density at radius 2 is 1.63 bits per heavy atom. The molecule has 0 saturated heterocycles. The second kappa shape index (κ2) is 9.91. The van der Waals surface area contributed by atoms with E-state index in [1.807, 2.05) is 0 Å². The number of rotatable bonds is 5. The zero-order valence-electron chi connectivity index (χ0n) is 19.4. The summed E-state index contributed by atoms with van der Waals surface area (Å²) in [5, 5.41) is 14.6. The van der Waals surface area contributed by atoms with E-state index >= 15 is 0 Å². The summed E-state index contributed by atoms with van der Waals surface area (Å²) in [6.07, 6.45) is -10.3. The molecule has 38 heavy (non-hydrogen) atoms. The number of pyridine rings is 1. The number of nitrogens with zero attached hydrogens (tertiary/aromatic N) is 3. The van der Waals surface area contributed by atoms with Gasteiger partial charge in [0.15, 0.2) is 0 Å². The molecule has 0 aliphatic carbocycles. The van der Waals surface area contributed by atoms with Gasteiger partial charge in [0.25, 0.3) is 5.60 Å². The zero-order chi connectivity index (χ0) is 27.9. The van der Waals surface area contributed by atoms with Gasteiger partial charge in [0.2, 0.25) is 0 Å². The topological polar surface area (TPSA) is 75.0 Å². The van der Waals surface area contributed by atoms with Crippen molar-refractivity contribution < 1.29 is 41.0 Å². The highest BCUT2D eigenvalue weighted by Crippen LogP contribution is 2.49. The average Bonchev–Trinajstić information content (AvgIpc) is 3.32. The number of carbonyl (C=O) groups is 1. The van der Waals surface area contributed by atoms with Crippen molar-refractivity contribution in [3.05, 3.63) is 83.1 Å². The lowest BCUT2D eigenvalue weighted by Crippen LogP contribution is -2.62. The fourth-order valence-electron chi connectivity index (χ4n) is 4.06. The lowest BCUT2D eigenvalue weighted by atomic mass is 9.89. The van der Waals surface area contributed by atoms with Crippen LogP contribution in [0.15, 0.2) is 72.1 Å². The molecule has 1 aromatic heterocycles. The molecule has 200 valence electrons. The summed E-state index contributed by atoms with van der Waals surface area (Å²) < 4.78 is 86.3. The third-order valence-corrected chi connectivity index (χ3v) is 6.36. The first-order valence-corrected chi connectivity index (χ1v) is 11.3. The van der Waals surface area contributed by atoms with Gasteiger partial charge in [-0.25, -0.2) is 4.79 Å². The van der Waals surface area contributed by atoms with Gasteiger partial charge in [0, 0.05) is 24.4 Å². The lowest BCUT2D eigenvalue weighted by Gasteiger charge is -2.32. The molecule has 2 aromatic carbocycles. The number of ether oxygens (including phenoxy) is 1. The van der Waals surface area contributed by atoms with Crippen LogP contribution in [0.5, 0.6) is 0 Å². The Labute approximate surface area is 217 Å². The molecule has 2 heterocycles. The summed E-state index contributed by atoms with van der Waals surface area (Å²) in [4.78, 5) is 15.8.